The Labute approximate surface area is 93.5 Å². The molecule has 84 valence electrons. The van der Waals surface area contributed by atoms with Gasteiger partial charge in [0.1, 0.15) is 0 Å². The first-order valence-corrected chi connectivity index (χ1v) is 5.16. The van der Waals surface area contributed by atoms with Crippen LogP contribution in [0.4, 0.5) is 0 Å². The van der Waals surface area contributed by atoms with Crippen molar-refractivity contribution in [2.24, 2.45) is 7.05 Å². The van der Waals surface area contributed by atoms with Crippen LogP contribution in [0.15, 0.2) is 18.2 Å². The summed E-state index contributed by atoms with van der Waals surface area (Å²) in [6.07, 6.45) is 0. The second-order valence-corrected chi connectivity index (χ2v) is 4.05. The van der Waals surface area contributed by atoms with Gasteiger partial charge >= 0.3 is 5.97 Å². The topological polar surface area (TPSA) is 55.1 Å². The van der Waals surface area contributed by atoms with E-state index in [1.54, 1.807) is 11.6 Å². The third-order valence-electron chi connectivity index (χ3n) is 3.03. The smallest absolute Gasteiger partial charge is 0.310 e. The van der Waals surface area contributed by atoms with Gasteiger partial charge in [0.2, 0.25) is 0 Å². The molecule has 0 saturated carbocycles. The van der Waals surface area contributed by atoms with Gasteiger partial charge in [-0.1, -0.05) is 12.1 Å². The van der Waals surface area contributed by atoms with Gasteiger partial charge in [-0.05, 0) is 25.5 Å². The first-order valence-electron chi connectivity index (χ1n) is 5.16. The molecule has 0 radical (unpaired) electrons. The number of hydrogen-bond acceptors (Lipinski definition) is 2. The van der Waals surface area contributed by atoms with E-state index < -0.39 is 11.9 Å². The summed E-state index contributed by atoms with van der Waals surface area (Å²) in [6.45, 7) is 3.68. The lowest BCUT2D eigenvalue weighted by Gasteiger charge is -2.05. The molecular weight excluding hydrogens is 204 g/mol. The van der Waals surface area contributed by atoms with Gasteiger partial charge in [0, 0.05) is 18.1 Å². The molecule has 1 heterocycles. The summed E-state index contributed by atoms with van der Waals surface area (Å²) in [5, 5.41) is 14.4. The Morgan fingerprint density at radius 1 is 1.50 bits per heavy atom. The molecule has 2 rings (SSSR count). The zero-order chi connectivity index (χ0) is 11.9. The van der Waals surface area contributed by atoms with Crippen LogP contribution in [-0.2, 0) is 11.8 Å². The van der Waals surface area contributed by atoms with E-state index in [0.717, 1.165) is 22.2 Å². The Kier molecular flexibility index (Phi) is 2.42. The maximum Gasteiger partial charge on any atom is 0.310 e. The zero-order valence-corrected chi connectivity index (χ0v) is 9.56. The van der Waals surface area contributed by atoms with E-state index in [0.29, 0.717) is 0 Å². The molecule has 0 bridgehead atoms. The third kappa shape index (κ3) is 1.56. The molecular formula is C12H14N2O2. The van der Waals surface area contributed by atoms with E-state index >= 15 is 0 Å². The van der Waals surface area contributed by atoms with Crippen molar-refractivity contribution in [3.8, 4) is 0 Å². The zero-order valence-electron chi connectivity index (χ0n) is 9.56. The number of benzene rings is 1. The van der Waals surface area contributed by atoms with Crippen molar-refractivity contribution in [3.63, 3.8) is 0 Å². The summed E-state index contributed by atoms with van der Waals surface area (Å²) in [6, 6.07) is 5.64. The molecule has 1 atom stereocenters. The average molecular weight is 218 g/mol. The van der Waals surface area contributed by atoms with E-state index in [4.69, 9.17) is 5.11 Å². The van der Waals surface area contributed by atoms with Crippen LogP contribution in [0.3, 0.4) is 0 Å². The molecule has 0 aliphatic carbocycles. The number of aromatic nitrogens is 2. The lowest BCUT2D eigenvalue weighted by atomic mass is 10.00. The van der Waals surface area contributed by atoms with Gasteiger partial charge in [-0.3, -0.25) is 9.48 Å². The van der Waals surface area contributed by atoms with Crippen LogP contribution >= 0.6 is 0 Å². The van der Waals surface area contributed by atoms with E-state index in [1.165, 1.54) is 0 Å². The molecule has 4 heteroatoms. The van der Waals surface area contributed by atoms with E-state index in [9.17, 15) is 4.79 Å². The number of aliphatic carboxylic acids is 1. The lowest BCUT2D eigenvalue weighted by Crippen LogP contribution is -2.06. The molecule has 0 aliphatic heterocycles. The highest BCUT2D eigenvalue weighted by Crippen LogP contribution is 2.23. The van der Waals surface area contributed by atoms with Crippen molar-refractivity contribution < 1.29 is 9.90 Å². The summed E-state index contributed by atoms with van der Waals surface area (Å²) in [5.41, 5.74) is 2.73. The second kappa shape index (κ2) is 3.63. The lowest BCUT2D eigenvalue weighted by molar-refractivity contribution is -0.138. The Balaban J connectivity index is 2.56. The van der Waals surface area contributed by atoms with Crippen LogP contribution in [0.25, 0.3) is 10.9 Å². The molecule has 0 spiro atoms. The molecule has 1 N–H and O–H groups in total. The first kappa shape index (κ1) is 10.7. The molecule has 1 aromatic carbocycles. The number of hydrogen-bond donors (Lipinski definition) is 1. The minimum Gasteiger partial charge on any atom is -0.481 e. The number of rotatable bonds is 2. The molecule has 1 unspecified atom stereocenters. The fourth-order valence-electron chi connectivity index (χ4n) is 1.76. The summed E-state index contributed by atoms with van der Waals surface area (Å²) >= 11 is 0. The Bertz CT molecular complexity index is 557. The largest absolute Gasteiger partial charge is 0.481 e. The minimum absolute atomic E-state index is 0.494. The molecule has 0 fully saturated rings. The quantitative estimate of drug-likeness (QED) is 0.839. The number of fused-ring (bicyclic) bond motifs is 1. The highest BCUT2D eigenvalue weighted by atomic mass is 16.4. The predicted octanol–water partition coefficient (Wildman–Crippen LogP) is 2.07. The van der Waals surface area contributed by atoms with Crippen LogP contribution in [-0.4, -0.2) is 20.9 Å². The van der Waals surface area contributed by atoms with Crippen molar-refractivity contribution in [2.45, 2.75) is 19.8 Å². The van der Waals surface area contributed by atoms with Gasteiger partial charge in [0.15, 0.2) is 0 Å². The highest BCUT2D eigenvalue weighted by molar-refractivity contribution is 5.84. The maximum absolute atomic E-state index is 10.9. The number of nitrogens with zero attached hydrogens (tertiary/aromatic N) is 2. The van der Waals surface area contributed by atoms with E-state index in [-0.39, 0.29) is 0 Å². The SMILES string of the molecule is Cc1c2ccc(C(C)C(=O)O)cc2nn1C. The maximum atomic E-state index is 10.9. The van der Waals surface area contributed by atoms with Gasteiger partial charge < -0.3 is 5.11 Å². The molecule has 1 aromatic heterocycles. The summed E-state index contributed by atoms with van der Waals surface area (Å²) in [7, 11) is 1.88. The number of carboxylic acid groups (broad SMARTS) is 1. The number of aryl methyl sites for hydroxylation is 2. The Morgan fingerprint density at radius 3 is 2.81 bits per heavy atom. The molecule has 16 heavy (non-hydrogen) atoms. The Hall–Kier alpha value is -1.84. The molecule has 4 nitrogen and oxygen atoms in total. The van der Waals surface area contributed by atoms with Crippen LogP contribution in [0.1, 0.15) is 24.1 Å². The van der Waals surface area contributed by atoms with Crippen molar-refractivity contribution >= 4 is 16.9 Å². The molecule has 0 amide bonds. The average Bonchev–Trinajstić information content (AvgIpc) is 2.53. The summed E-state index contributed by atoms with van der Waals surface area (Å²) in [5.74, 6) is -1.31. The molecule has 2 aromatic rings. The fraction of sp³-hybridized carbons (Fsp3) is 0.333. The third-order valence-corrected chi connectivity index (χ3v) is 3.03. The minimum atomic E-state index is -0.813. The van der Waals surface area contributed by atoms with Crippen LogP contribution in [0.2, 0.25) is 0 Å². The number of carbonyl (C=O) groups is 1. The monoisotopic (exact) mass is 218 g/mol. The summed E-state index contributed by atoms with van der Waals surface area (Å²) in [4.78, 5) is 10.9. The van der Waals surface area contributed by atoms with Crippen molar-refractivity contribution in [1.82, 2.24) is 9.78 Å². The van der Waals surface area contributed by atoms with Gasteiger partial charge in [-0.25, -0.2) is 0 Å². The van der Waals surface area contributed by atoms with Crippen LogP contribution < -0.4 is 0 Å². The van der Waals surface area contributed by atoms with Crippen LogP contribution in [0.5, 0.6) is 0 Å². The van der Waals surface area contributed by atoms with Gasteiger partial charge in [0.05, 0.1) is 11.4 Å². The van der Waals surface area contributed by atoms with Crippen molar-refractivity contribution in [2.75, 3.05) is 0 Å². The Morgan fingerprint density at radius 2 is 2.19 bits per heavy atom. The number of carboxylic acids is 1. The molecule has 0 aliphatic rings. The predicted molar refractivity (Wildman–Crippen MR) is 61.5 cm³/mol. The highest BCUT2D eigenvalue weighted by Gasteiger charge is 2.15. The standard InChI is InChI=1S/C12H14N2O2/c1-7(12(15)16)9-4-5-10-8(2)14(3)13-11(10)6-9/h4-7H,1-3H3,(H,15,16). The van der Waals surface area contributed by atoms with E-state index in [2.05, 4.69) is 5.10 Å². The van der Waals surface area contributed by atoms with Crippen LogP contribution in [0, 0.1) is 6.92 Å². The summed E-state index contributed by atoms with van der Waals surface area (Å²) < 4.78 is 1.81. The fourth-order valence-corrected chi connectivity index (χ4v) is 1.76. The van der Waals surface area contributed by atoms with Gasteiger partial charge in [-0.2, -0.15) is 5.10 Å². The second-order valence-electron chi connectivity index (χ2n) is 4.05. The van der Waals surface area contributed by atoms with E-state index in [1.807, 2.05) is 32.2 Å². The van der Waals surface area contributed by atoms with Gasteiger partial charge in [-0.15, -0.1) is 0 Å². The molecule has 0 saturated heterocycles. The first-order chi connectivity index (χ1) is 7.50. The normalized spacial score (nSPS) is 12.9. The van der Waals surface area contributed by atoms with Crippen molar-refractivity contribution in [1.29, 1.82) is 0 Å². The van der Waals surface area contributed by atoms with Gasteiger partial charge in [0.25, 0.3) is 0 Å². The van der Waals surface area contributed by atoms with Crippen molar-refractivity contribution in [3.05, 3.63) is 29.5 Å².